The van der Waals surface area contributed by atoms with Gasteiger partial charge in [0.15, 0.2) is 12.4 Å². The zero-order valence-corrected chi connectivity index (χ0v) is 63.7. The largest absolute Gasteiger partial charge is 0.545 e. The normalized spacial score (nSPS) is 13.4. The summed E-state index contributed by atoms with van der Waals surface area (Å²) >= 11 is 0. The third kappa shape index (κ3) is 78.6. The molecular weight excluding hydrogens is 1200 g/mol. The molecule has 0 aromatic rings. The zero-order valence-electron chi connectivity index (χ0n) is 63.7. The molecule has 0 fully saturated rings. The van der Waals surface area contributed by atoms with Crippen molar-refractivity contribution in [2.24, 2.45) is 0 Å². The Morgan fingerprint density at radius 3 is 0.825 bits per heavy atom. The number of carbonyl (C=O) groups excluding carboxylic acids is 3. The van der Waals surface area contributed by atoms with Gasteiger partial charge in [0, 0.05) is 12.8 Å². The minimum Gasteiger partial charge on any atom is -0.545 e. The van der Waals surface area contributed by atoms with E-state index in [0.29, 0.717) is 23.9 Å². The van der Waals surface area contributed by atoms with Crippen LogP contribution in [0.1, 0.15) is 348 Å². The Balaban J connectivity index is 4.01. The van der Waals surface area contributed by atoms with Crippen LogP contribution in [0.15, 0.2) is 134 Å². The van der Waals surface area contributed by atoms with E-state index in [-0.39, 0.29) is 32.2 Å². The van der Waals surface area contributed by atoms with E-state index in [1.54, 1.807) is 0 Å². The van der Waals surface area contributed by atoms with Crippen molar-refractivity contribution in [1.29, 1.82) is 0 Å². The summed E-state index contributed by atoms with van der Waals surface area (Å²) in [5, 5.41) is 11.9. The maximum Gasteiger partial charge on any atom is 0.306 e. The van der Waals surface area contributed by atoms with Crippen LogP contribution in [0.4, 0.5) is 0 Å². The maximum absolute atomic E-state index is 13.0. The van der Waals surface area contributed by atoms with Gasteiger partial charge in [-0.2, -0.15) is 0 Å². The number of carboxylic acid groups (broad SMARTS) is 1. The van der Waals surface area contributed by atoms with E-state index in [0.717, 1.165) is 109 Å². The minimum atomic E-state index is -1.63. The van der Waals surface area contributed by atoms with Gasteiger partial charge >= 0.3 is 11.9 Å². The number of carbonyl (C=O) groups is 3. The first-order valence-corrected chi connectivity index (χ1v) is 40.3. The number of carboxylic acids is 1. The van der Waals surface area contributed by atoms with Gasteiger partial charge in [-0.1, -0.05) is 359 Å². The maximum atomic E-state index is 13.0. The summed E-state index contributed by atoms with van der Waals surface area (Å²) in [4.78, 5) is 37.6. The van der Waals surface area contributed by atoms with Gasteiger partial charge in [0.1, 0.15) is 13.2 Å². The van der Waals surface area contributed by atoms with Crippen molar-refractivity contribution >= 4 is 17.9 Å². The summed E-state index contributed by atoms with van der Waals surface area (Å²) in [6.45, 7) is 4.55. The fraction of sp³-hybridized carbons (Fsp3) is 0.716. The molecule has 0 N–H and O–H groups in total. The number of esters is 2. The predicted molar refractivity (Wildman–Crippen MR) is 416 cm³/mol. The lowest BCUT2D eigenvalue weighted by atomic mass is 10.0. The van der Waals surface area contributed by atoms with Crippen LogP contribution in [0.25, 0.3) is 0 Å². The standard InChI is InChI=1S/C88H151NO8/c1-6-8-10-12-14-16-18-20-22-24-26-28-30-32-34-36-38-40-41-42-43-44-45-47-48-50-52-54-56-58-60-62-64-66-68-70-72-74-76-78-85(90)95-82-84(83-96-88(87(92)93)94-81-80-89(3,4)5)97-86(91)79-77-75-73-71-69-67-65-63-61-59-57-55-53-51-49-46-39-37-35-33-31-29-27-25-23-21-19-17-15-13-11-9-7-2/h8-11,14-17,20-23,26-29,32-35,39,46,84,88H,6-7,12-13,18-19,24-25,30-31,36-38,40-45,47-83H2,1-5H3/b10-8-,11-9-,16-14-,17-15-,22-20-,23-21-,28-26-,29-27-,34-32-,35-33-,46-39-. The Labute approximate surface area is 599 Å². The molecule has 556 valence electrons. The molecule has 0 aromatic carbocycles. The SMILES string of the molecule is CC/C=C\C/C=C\C/C=C\C/C=C\C/C=C\C/C=C\CCCCCCCCCCCCCCCCC(=O)OC(COC(=O)CCCCCCCCCCCCCCCCCCCCCCCCC/C=C\C/C=C\C/C=C\C/C=C\C/C=C\CC)COC(OCC[N+](C)(C)C)C(=O)[O-]. The van der Waals surface area contributed by atoms with Crippen molar-refractivity contribution in [3.8, 4) is 0 Å². The summed E-state index contributed by atoms with van der Waals surface area (Å²) < 4.78 is 22.9. The molecule has 0 bridgehead atoms. The molecule has 0 heterocycles. The van der Waals surface area contributed by atoms with Gasteiger partial charge in [0.25, 0.3) is 0 Å². The Kier molecular flexibility index (Phi) is 73.5. The van der Waals surface area contributed by atoms with E-state index >= 15 is 0 Å². The third-order valence-corrected chi connectivity index (χ3v) is 17.4. The quantitative estimate of drug-likeness (QED) is 0.0195. The fourth-order valence-electron chi connectivity index (χ4n) is 11.3. The number of nitrogens with zero attached hydrogens (tertiary/aromatic N) is 1. The second-order valence-corrected chi connectivity index (χ2v) is 27.9. The van der Waals surface area contributed by atoms with Crippen LogP contribution in [-0.4, -0.2) is 82.3 Å². The van der Waals surface area contributed by atoms with Crippen molar-refractivity contribution in [3.05, 3.63) is 134 Å². The van der Waals surface area contributed by atoms with E-state index in [4.69, 9.17) is 18.9 Å². The Bertz CT molecular complexity index is 2060. The van der Waals surface area contributed by atoms with Crippen LogP contribution in [0, 0.1) is 0 Å². The van der Waals surface area contributed by atoms with Crippen molar-refractivity contribution in [3.63, 3.8) is 0 Å². The number of ether oxygens (including phenoxy) is 4. The van der Waals surface area contributed by atoms with Crippen LogP contribution in [0.5, 0.6) is 0 Å². The van der Waals surface area contributed by atoms with Gasteiger partial charge in [-0.25, -0.2) is 0 Å². The minimum absolute atomic E-state index is 0.145. The summed E-state index contributed by atoms with van der Waals surface area (Å²) in [5.74, 6) is -2.27. The number of likely N-dealkylation sites (N-methyl/N-ethyl adjacent to an activating group) is 1. The highest BCUT2D eigenvalue weighted by Crippen LogP contribution is 2.19. The molecule has 97 heavy (non-hydrogen) atoms. The first-order chi connectivity index (χ1) is 47.6. The van der Waals surface area contributed by atoms with Crippen molar-refractivity contribution in [2.45, 2.75) is 360 Å². The average molecular weight is 1350 g/mol. The van der Waals surface area contributed by atoms with E-state index in [9.17, 15) is 19.5 Å². The molecule has 0 amide bonds. The molecule has 2 unspecified atom stereocenters. The Morgan fingerprint density at radius 1 is 0.309 bits per heavy atom. The van der Waals surface area contributed by atoms with E-state index in [1.807, 2.05) is 21.1 Å². The molecule has 9 heteroatoms. The summed E-state index contributed by atoms with van der Waals surface area (Å²) in [6.07, 6.45) is 109. The molecule has 0 saturated heterocycles. The van der Waals surface area contributed by atoms with Crippen LogP contribution in [0.3, 0.4) is 0 Å². The number of allylic oxidation sites excluding steroid dienone is 22. The van der Waals surface area contributed by atoms with Crippen molar-refractivity contribution < 1.29 is 42.9 Å². The monoisotopic (exact) mass is 1350 g/mol. The van der Waals surface area contributed by atoms with E-state index in [1.165, 1.54) is 205 Å². The molecule has 0 aliphatic carbocycles. The molecule has 2 atom stereocenters. The lowest BCUT2D eigenvalue weighted by Gasteiger charge is -2.26. The van der Waals surface area contributed by atoms with Crippen LogP contribution >= 0.6 is 0 Å². The number of hydrogen-bond donors (Lipinski definition) is 0. The number of unbranched alkanes of at least 4 members (excludes halogenated alkanes) is 37. The number of rotatable bonds is 74. The van der Waals surface area contributed by atoms with Gasteiger partial charge in [-0.15, -0.1) is 0 Å². The highest BCUT2D eigenvalue weighted by Gasteiger charge is 2.22. The lowest BCUT2D eigenvalue weighted by molar-refractivity contribution is -0.870. The summed E-state index contributed by atoms with van der Waals surface area (Å²) in [5.41, 5.74) is 0. The van der Waals surface area contributed by atoms with Crippen molar-refractivity contribution in [2.75, 3.05) is 47.5 Å². The molecule has 9 nitrogen and oxygen atoms in total. The molecule has 0 aliphatic heterocycles. The number of hydrogen-bond acceptors (Lipinski definition) is 8. The molecule has 0 saturated carbocycles. The van der Waals surface area contributed by atoms with Crippen LogP contribution in [-0.2, 0) is 33.3 Å². The van der Waals surface area contributed by atoms with Crippen LogP contribution in [0.2, 0.25) is 0 Å². The first kappa shape index (κ1) is 92.4. The highest BCUT2D eigenvalue weighted by atomic mass is 16.7. The summed E-state index contributed by atoms with van der Waals surface area (Å²) in [7, 11) is 5.94. The molecule has 0 aromatic heterocycles. The topological polar surface area (TPSA) is 111 Å². The average Bonchev–Trinajstić information content (AvgIpc) is 2.59. The van der Waals surface area contributed by atoms with E-state index in [2.05, 4.69) is 148 Å². The van der Waals surface area contributed by atoms with Gasteiger partial charge in [-0.05, 0) is 109 Å². The predicted octanol–water partition coefficient (Wildman–Crippen LogP) is 24.7. The second kappa shape index (κ2) is 77.2. The zero-order chi connectivity index (χ0) is 70.4. The molecule has 0 aliphatic rings. The van der Waals surface area contributed by atoms with Crippen molar-refractivity contribution in [1.82, 2.24) is 0 Å². The molecular formula is C88H151NO8. The summed E-state index contributed by atoms with van der Waals surface area (Å²) in [6, 6.07) is 0. The number of aliphatic carboxylic acids is 1. The Morgan fingerprint density at radius 2 is 0.557 bits per heavy atom. The van der Waals surface area contributed by atoms with Gasteiger partial charge < -0.3 is 33.3 Å². The van der Waals surface area contributed by atoms with Gasteiger partial charge in [0.05, 0.1) is 40.3 Å². The first-order valence-electron chi connectivity index (χ1n) is 40.3. The van der Waals surface area contributed by atoms with E-state index < -0.39 is 24.3 Å². The second-order valence-electron chi connectivity index (χ2n) is 27.9. The van der Waals surface area contributed by atoms with Gasteiger partial charge in [-0.3, -0.25) is 9.59 Å². The smallest absolute Gasteiger partial charge is 0.306 e. The van der Waals surface area contributed by atoms with Crippen LogP contribution < -0.4 is 5.11 Å². The fourth-order valence-corrected chi connectivity index (χ4v) is 11.3. The molecule has 0 radical (unpaired) electrons. The van der Waals surface area contributed by atoms with Gasteiger partial charge in [0.2, 0.25) is 0 Å². The molecule has 0 spiro atoms. The number of quaternary nitrogens is 1. The third-order valence-electron chi connectivity index (χ3n) is 17.4. The lowest BCUT2D eigenvalue weighted by Crippen LogP contribution is -2.44. The Hall–Kier alpha value is -4.57. The molecule has 0 rings (SSSR count). The highest BCUT2D eigenvalue weighted by molar-refractivity contribution is 5.70.